The summed E-state index contributed by atoms with van der Waals surface area (Å²) >= 11 is 0. The summed E-state index contributed by atoms with van der Waals surface area (Å²) in [6, 6.07) is 0. The highest BCUT2D eigenvalue weighted by molar-refractivity contribution is 5.66. The van der Waals surface area contributed by atoms with Gasteiger partial charge in [0.15, 0.2) is 0 Å². The lowest BCUT2D eigenvalue weighted by atomic mass is 9.46. The Bertz CT molecular complexity index is 759. The van der Waals surface area contributed by atoms with Crippen LogP contribution in [0.3, 0.4) is 0 Å². The van der Waals surface area contributed by atoms with Gasteiger partial charge >= 0.3 is 11.9 Å². The molecule has 168 valence electrons. The Labute approximate surface area is 180 Å². The van der Waals surface area contributed by atoms with Gasteiger partial charge in [-0.05, 0) is 75.0 Å². The van der Waals surface area contributed by atoms with Crippen LogP contribution in [0, 0.1) is 28.6 Å². The summed E-state index contributed by atoms with van der Waals surface area (Å²) in [6.45, 7) is 9.44. The molecule has 0 radical (unpaired) electrons. The van der Waals surface area contributed by atoms with E-state index < -0.39 is 11.7 Å². The summed E-state index contributed by atoms with van der Waals surface area (Å²) in [7, 11) is 0. The number of hydrogen-bond donors (Lipinski definition) is 1. The highest BCUT2D eigenvalue weighted by Gasteiger charge is 2.65. The summed E-state index contributed by atoms with van der Waals surface area (Å²) in [5, 5.41) is 11.7. The Morgan fingerprint density at radius 3 is 2.43 bits per heavy atom. The molecule has 5 nitrogen and oxygen atoms in total. The number of hydrogen-bond acceptors (Lipinski definition) is 5. The van der Waals surface area contributed by atoms with E-state index in [1.54, 1.807) is 0 Å². The standard InChI is InChI=1S/C25H38O5/c1-15(29-16(2)26)25(28)13-10-22-20-7-6-18-14-19(30-17(3)27)8-11-23(18,4)21(20)9-12-24(22,25)5/h6,15,19-22,28H,7-14H2,1-5H3/t15-,19+,20+,21-,22-,23+,24-,25-/m1/s1. The van der Waals surface area contributed by atoms with Crippen molar-refractivity contribution in [1.82, 2.24) is 0 Å². The fraction of sp³-hybridized carbons (Fsp3) is 0.840. The molecule has 4 aliphatic carbocycles. The summed E-state index contributed by atoms with van der Waals surface area (Å²) in [4.78, 5) is 23.0. The molecule has 5 heteroatoms. The Kier molecular flexibility index (Phi) is 5.36. The zero-order valence-electron chi connectivity index (χ0n) is 19.2. The molecule has 30 heavy (non-hydrogen) atoms. The number of aliphatic hydroxyl groups is 1. The largest absolute Gasteiger partial charge is 0.462 e. The first kappa shape index (κ1) is 21.9. The third kappa shape index (κ3) is 3.14. The number of esters is 2. The van der Waals surface area contributed by atoms with Gasteiger partial charge in [0.2, 0.25) is 0 Å². The van der Waals surface area contributed by atoms with Gasteiger partial charge in [-0.3, -0.25) is 9.59 Å². The molecule has 8 atom stereocenters. The van der Waals surface area contributed by atoms with Crippen molar-refractivity contribution in [2.75, 3.05) is 0 Å². The lowest BCUT2D eigenvalue weighted by Crippen LogP contribution is -2.58. The average Bonchev–Trinajstić information content (AvgIpc) is 2.93. The van der Waals surface area contributed by atoms with Crippen molar-refractivity contribution in [1.29, 1.82) is 0 Å². The van der Waals surface area contributed by atoms with Gasteiger partial charge in [0.05, 0.1) is 0 Å². The summed E-state index contributed by atoms with van der Waals surface area (Å²) < 4.78 is 11.0. The second-order valence-electron chi connectivity index (χ2n) is 10.9. The Balaban J connectivity index is 1.58. The molecule has 0 spiro atoms. The second kappa shape index (κ2) is 7.36. The van der Waals surface area contributed by atoms with E-state index in [2.05, 4.69) is 19.9 Å². The maximum Gasteiger partial charge on any atom is 0.302 e. The fourth-order valence-electron chi connectivity index (χ4n) is 8.03. The van der Waals surface area contributed by atoms with Crippen LogP contribution in [0.5, 0.6) is 0 Å². The van der Waals surface area contributed by atoms with E-state index in [1.165, 1.54) is 19.4 Å². The number of allylic oxidation sites excluding steroid dienone is 1. The van der Waals surface area contributed by atoms with Crippen molar-refractivity contribution >= 4 is 11.9 Å². The van der Waals surface area contributed by atoms with Crippen molar-refractivity contribution < 1.29 is 24.2 Å². The predicted molar refractivity (Wildman–Crippen MR) is 113 cm³/mol. The molecule has 3 fully saturated rings. The molecule has 1 N–H and O–H groups in total. The first-order valence-electron chi connectivity index (χ1n) is 11.8. The molecule has 0 amide bonds. The van der Waals surface area contributed by atoms with Gasteiger partial charge in [-0.15, -0.1) is 0 Å². The maximum absolute atomic E-state index is 11.7. The topological polar surface area (TPSA) is 72.8 Å². The first-order valence-corrected chi connectivity index (χ1v) is 11.8. The van der Waals surface area contributed by atoms with E-state index in [0.717, 1.165) is 44.9 Å². The maximum atomic E-state index is 11.7. The van der Waals surface area contributed by atoms with Crippen LogP contribution in [0.4, 0.5) is 0 Å². The number of carbonyl (C=O) groups is 2. The van der Waals surface area contributed by atoms with E-state index in [1.807, 2.05) is 6.92 Å². The first-order chi connectivity index (χ1) is 14.0. The lowest BCUT2D eigenvalue weighted by molar-refractivity contribution is -0.192. The zero-order valence-corrected chi connectivity index (χ0v) is 19.2. The van der Waals surface area contributed by atoms with Crippen molar-refractivity contribution in [3.8, 4) is 0 Å². The van der Waals surface area contributed by atoms with Gasteiger partial charge in [-0.1, -0.05) is 25.5 Å². The third-order valence-corrected chi connectivity index (χ3v) is 9.62. The molecule has 0 aromatic heterocycles. The molecule has 0 aliphatic heterocycles. The van der Waals surface area contributed by atoms with Crippen molar-refractivity contribution in [2.24, 2.45) is 28.6 Å². The Morgan fingerprint density at radius 2 is 1.77 bits per heavy atom. The van der Waals surface area contributed by atoms with Gasteiger partial charge in [0, 0.05) is 25.7 Å². The molecule has 4 rings (SSSR count). The second-order valence-corrected chi connectivity index (χ2v) is 10.9. The minimum absolute atomic E-state index is 0.0217. The summed E-state index contributed by atoms with van der Waals surface area (Å²) in [5.41, 5.74) is 0.473. The van der Waals surface area contributed by atoms with Crippen molar-refractivity contribution in [2.45, 2.75) is 104 Å². The molecule has 4 aliphatic rings. The van der Waals surface area contributed by atoms with Gasteiger partial charge in [0.1, 0.15) is 17.8 Å². The van der Waals surface area contributed by atoms with Crippen LogP contribution in [0.25, 0.3) is 0 Å². The van der Waals surface area contributed by atoms with Crippen molar-refractivity contribution in [3.63, 3.8) is 0 Å². The number of rotatable bonds is 3. The summed E-state index contributed by atoms with van der Waals surface area (Å²) in [6.07, 6.45) is 9.64. The van der Waals surface area contributed by atoms with Gasteiger partial charge in [0.25, 0.3) is 0 Å². The average molecular weight is 419 g/mol. The monoisotopic (exact) mass is 418 g/mol. The van der Waals surface area contributed by atoms with E-state index in [4.69, 9.17) is 9.47 Å². The molecule has 0 aromatic carbocycles. The molecule has 0 bridgehead atoms. The molecular weight excluding hydrogens is 380 g/mol. The number of carbonyl (C=O) groups excluding carboxylic acids is 2. The number of ether oxygens (including phenoxy) is 2. The minimum Gasteiger partial charge on any atom is -0.462 e. The third-order valence-electron chi connectivity index (χ3n) is 9.62. The SMILES string of the molecule is CC(=O)O[C@H]1CC[C@@]2(C)C(=CC[C@H]3[C@H]2CC[C@]2(C)[C@@H]3CC[C@@]2(O)[C@@H](C)OC(C)=O)C1. The van der Waals surface area contributed by atoms with Crippen LogP contribution in [-0.2, 0) is 19.1 Å². The van der Waals surface area contributed by atoms with Gasteiger partial charge in [-0.2, -0.15) is 0 Å². The van der Waals surface area contributed by atoms with Gasteiger partial charge < -0.3 is 14.6 Å². The minimum atomic E-state index is -0.952. The molecular formula is C25H38O5. The van der Waals surface area contributed by atoms with E-state index >= 15 is 0 Å². The quantitative estimate of drug-likeness (QED) is 0.537. The zero-order chi connectivity index (χ0) is 21.9. The van der Waals surface area contributed by atoms with Crippen LogP contribution in [-0.4, -0.2) is 34.9 Å². The highest BCUT2D eigenvalue weighted by Crippen LogP contribution is 2.67. The summed E-state index contributed by atoms with van der Waals surface area (Å²) in [5.74, 6) is 1.11. The van der Waals surface area contributed by atoms with Crippen molar-refractivity contribution in [3.05, 3.63) is 11.6 Å². The van der Waals surface area contributed by atoms with Crippen LogP contribution >= 0.6 is 0 Å². The van der Waals surface area contributed by atoms with E-state index in [-0.39, 0.29) is 28.9 Å². The van der Waals surface area contributed by atoms with Crippen LogP contribution in [0.1, 0.15) is 86.0 Å². The molecule has 0 aromatic rings. The Hall–Kier alpha value is -1.36. The van der Waals surface area contributed by atoms with Crippen LogP contribution in [0.15, 0.2) is 11.6 Å². The molecule has 3 saturated carbocycles. The molecule has 0 saturated heterocycles. The normalized spacial score (nSPS) is 46.0. The predicted octanol–water partition coefficient (Wildman–Crippen LogP) is 4.56. The Morgan fingerprint density at radius 1 is 1.07 bits per heavy atom. The number of fused-ring (bicyclic) bond motifs is 5. The van der Waals surface area contributed by atoms with E-state index in [0.29, 0.717) is 24.2 Å². The van der Waals surface area contributed by atoms with Crippen LogP contribution in [0.2, 0.25) is 0 Å². The molecule has 0 unspecified atom stereocenters. The highest BCUT2D eigenvalue weighted by atomic mass is 16.6. The van der Waals surface area contributed by atoms with Gasteiger partial charge in [-0.25, -0.2) is 0 Å². The lowest BCUT2D eigenvalue weighted by Gasteiger charge is -2.59. The van der Waals surface area contributed by atoms with Crippen LogP contribution < -0.4 is 0 Å². The van der Waals surface area contributed by atoms with E-state index in [9.17, 15) is 14.7 Å². The molecule has 0 heterocycles. The smallest absolute Gasteiger partial charge is 0.302 e. The fourth-order valence-corrected chi connectivity index (χ4v) is 8.03.